The van der Waals surface area contributed by atoms with E-state index in [1.807, 2.05) is 44.2 Å². The van der Waals surface area contributed by atoms with Crippen molar-refractivity contribution in [1.82, 2.24) is 9.36 Å². The van der Waals surface area contributed by atoms with E-state index in [1.54, 1.807) is 29.9 Å². The van der Waals surface area contributed by atoms with Gasteiger partial charge in [-0.3, -0.25) is 19.1 Å². The van der Waals surface area contributed by atoms with Crippen molar-refractivity contribution in [2.24, 2.45) is 18.2 Å². The van der Waals surface area contributed by atoms with Crippen LogP contribution in [-0.2, 0) is 18.3 Å². The summed E-state index contributed by atoms with van der Waals surface area (Å²) in [5.74, 6) is 0.0574. The molecule has 0 aliphatic heterocycles. The summed E-state index contributed by atoms with van der Waals surface area (Å²) in [6.07, 6.45) is 1.25. The Hall–Kier alpha value is -3.36. The Morgan fingerprint density at radius 2 is 1.83 bits per heavy atom. The molecular formula is C27H33ClN4O4. The number of nitrogens with zero attached hydrogens (tertiary/aromatic N) is 2. The highest BCUT2D eigenvalue weighted by atomic mass is 35.5. The van der Waals surface area contributed by atoms with Crippen molar-refractivity contribution >= 4 is 29.0 Å². The number of hydrogen-bond donors (Lipinski definition) is 2. The van der Waals surface area contributed by atoms with Gasteiger partial charge in [-0.2, -0.15) is 0 Å². The summed E-state index contributed by atoms with van der Waals surface area (Å²) in [7, 11) is 3.28. The van der Waals surface area contributed by atoms with Crippen LogP contribution in [0.4, 0.5) is 5.69 Å². The van der Waals surface area contributed by atoms with Gasteiger partial charge in [0.05, 0.1) is 24.1 Å². The minimum absolute atomic E-state index is 0.109. The first-order valence-corrected chi connectivity index (χ1v) is 12.2. The zero-order chi connectivity index (χ0) is 26.5. The molecule has 0 saturated heterocycles. The minimum atomic E-state index is -0.493. The van der Waals surface area contributed by atoms with Crippen LogP contribution in [0, 0.1) is 5.41 Å². The maximum absolute atomic E-state index is 13.3. The second-order valence-corrected chi connectivity index (χ2v) is 9.93. The molecule has 8 nitrogen and oxygen atoms in total. The molecule has 0 aliphatic rings. The quantitative estimate of drug-likeness (QED) is 0.371. The number of anilines is 1. The van der Waals surface area contributed by atoms with E-state index < -0.39 is 5.41 Å². The summed E-state index contributed by atoms with van der Waals surface area (Å²) >= 11 is 6.06. The fraction of sp³-hybridized carbons (Fsp3) is 0.370. The van der Waals surface area contributed by atoms with Crippen molar-refractivity contribution in [3.05, 3.63) is 75.2 Å². The van der Waals surface area contributed by atoms with Crippen LogP contribution in [0.1, 0.15) is 49.2 Å². The second-order valence-electron chi connectivity index (χ2n) is 9.49. The smallest absolute Gasteiger partial charge is 0.295 e. The lowest BCUT2D eigenvalue weighted by atomic mass is 9.82. The third kappa shape index (κ3) is 6.25. The number of nitrogens with two attached hydrogens (primary N) is 1. The second kappa shape index (κ2) is 11.6. The Labute approximate surface area is 216 Å². The predicted molar refractivity (Wildman–Crippen MR) is 142 cm³/mol. The van der Waals surface area contributed by atoms with Gasteiger partial charge < -0.3 is 15.8 Å². The van der Waals surface area contributed by atoms with E-state index in [9.17, 15) is 14.4 Å². The molecule has 0 atom stereocenters. The SMILES string of the molecule is COc1ccc(Cl)cc1C(=O)CCC(C)(C)CC(=O)Nc1c(CCN)n(C)n(-c2ccccc2)c1=O. The van der Waals surface area contributed by atoms with Crippen molar-refractivity contribution < 1.29 is 14.3 Å². The molecule has 192 valence electrons. The largest absolute Gasteiger partial charge is 0.496 e. The maximum atomic E-state index is 13.3. The van der Waals surface area contributed by atoms with Crippen LogP contribution >= 0.6 is 11.6 Å². The van der Waals surface area contributed by atoms with Gasteiger partial charge in [-0.05, 0) is 48.7 Å². The standard InChI is InChI=1S/C27H33ClN4O4/c1-27(2,14-12-22(33)20-16-18(28)10-11-23(20)36-4)17-24(34)30-25-21(13-15-29)31(3)32(26(25)35)19-8-6-5-7-9-19/h5-11,16H,12-15,17,29H2,1-4H3,(H,30,34). The summed E-state index contributed by atoms with van der Waals surface area (Å²) in [6.45, 7) is 4.17. The average molecular weight is 513 g/mol. The van der Waals surface area contributed by atoms with Gasteiger partial charge in [-0.1, -0.05) is 43.6 Å². The van der Waals surface area contributed by atoms with Crippen LogP contribution < -0.4 is 21.3 Å². The fourth-order valence-corrected chi connectivity index (χ4v) is 4.42. The van der Waals surface area contributed by atoms with Gasteiger partial charge in [-0.25, -0.2) is 4.68 Å². The lowest BCUT2D eigenvalue weighted by Gasteiger charge is -2.23. The molecule has 0 radical (unpaired) electrons. The molecule has 0 fully saturated rings. The van der Waals surface area contributed by atoms with Gasteiger partial charge >= 0.3 is 0 Å². The Balaban J connectivity index is 1.74. The molecule has 3 aromatic rings. The zero-order valence-electron chi connectivity index (χ0n) is 21.1. The third-order valence-corrected chi connectivity index (χ3v) is 6.40. The van der Waals surface area contributed by atoms with Crippen LogP contribution in [0.5, 0.6) is 5.75 Å². The molecule has 0 aliphatic carbocycles. The number of halogens is 1. The molecule has 1 aromatic heterocycles. The number of benzene rings is 2. The number of ether oxygens (including phenoxy) is 1. The first-order chi connectivity index (χ1) is 17.1. The van der Waals surface area contributed by atoms with Gasteiger partial charge in [0, 0.05) is 31.3 Å². The number of amides is 1. The van der Waals surface area contributed by atoms with Crippen LogP contribution in [0.2, 0.25) is 5.02 Å². The highest BCUT2D eigenvalue weighted by Gasteiger charge is 2.27. The summed E-state index contributed by atoms with van der Waals surface area (Å²) < 4.78 is 8.53. The zero-order valence-corrected chi connectivity index (χ0v) is 21.9. The van der Waals surface area contributed by atoms with Crippen LogP contribution in [0.25, 0.3) is 5.69 Å². The molecule has 36 heavy (non-hydrogen) atoms. The Kier molecular flexibility index (Phi) is 8.76. The molecule has 3 rings (SSSR count). The maximum Gasteiger partial charge on any atom is 0.295 e. The van der Waals surface area contributed by atoms with Gasteiger partial charge in [0.2, 0.25) is 5.91 Å². The van der Waals surface area contributed by atoms with E-state index in [4.69, 9.17) is 22.1 Å². The molecule has 0 saturated carbocycles. The highest BCUT2D eigenvalue weighted by molar-refractivity contribution is 6.31. The topological polar surface area (TPSA) is 108 Å². The number of Topliss-reactive ketones (excluding diaryl/α,β-unsaturated/α-hetero) is 1. The number of methoxy groups -OCH3 is 1. The predicted octanol–water partition coefficient (Wildman–Crippen LogP) is 4.36. The number of nitrogens with one attached hydrogen (secondary N) is 1. The summed E-state index contributed by atoms with van der Waals surface area (Å²) in [5.41, 5.74) is 6.97. The summed E-state index contributed by atoms with van der Waals surface area (Å²) in [6, 6.07) is 14.1. The molecule has 0 unspecified atom stereocenters. The van der Waals surface area contributed by atoms with Crippen molar-refractivity contribution in [2.75, 3.05) is 19.0 Å². The molecule has 2 aromatic carbocycles. The number of rotatable bonds is 11. The fourth-order valence-electron chi connectivity index (χ4n) is 4.25. The molecule has 9 heteroatoms. The normalized spacial score (nSPS) is 11.4. The van der Waals surface area contributed by atoms with Crippen molar-refractivity contribution in [2.45, 2.75) is 39.5 Å². The van der Waals surface area contributed by atoms with Crippen LogP contribution in [-0.4, -0.2) is 34.7 Å². The molecule has 1 amide bonds. The number of hydrogen-bond acceptors (Lipinski definition) is 5. The summed E-state index contributed by atoms with van der Waals surface area (Å²) in [4.78, 5) is 39.1. The third-order valence-electron chi connectivity index (χ3n) is 6.16. The molecule has 1 heterocycles. The monoisotopic (exact) mass is 512 g/mol. The number of carbonyl (C=O) groups is 2. The van der Waals surface area contributed by atoms with Crippen LogP contribution in [0.15, 0.2) is 53.3 Å². The minimum Gasteiger partial charge on any atom is -0.496 e. The van der Waals surface area contributed by atoms with E-state index in [-0.39, 0.29) is 35.8 Å². The number of para-hydroxylation sites is 1. The van der Waals surface area contributed by atoms with Crippen LogP contribution in [0.3, 0.4) is 0 Å². The van der Waals surface area contributed by atoms with Gasteiger partial charge in [0.1, 0.15) is 11.4 Å². The van der Waals surface area contributed by atoms with E-state index in [0.29, 0.717) is 47.1 Å². The Morgan fingerprint density at radius 1 is 1.14 bits per heavy atom. The Morgan fingerprint density at radius 3 is 2.47 bits per heavy atom. The van der Waals surface area contributed by atoms with Crippen molar-refractivity contribution in [1.29, 1.82) is 0 Å². The van der Waals surface area contributed by atoms with Crippen molar-refractivity contribution in [3.63, 3.8) is 0 Å². The molecule has 0 spiro atoms. The molecule has 3 N–H and O–H groups in total. The van der Waals surface area contributed by atoms with E-state index >= 15 is 0 Å². The number of ketones is 1. The van der Waals surface area contributed by atoms with E-state index in [0.717, 1.165) is 0 Å². The van der Waals surface area contributed by atoms with Crippen molar-refractivity contribution in [3.8, 4) is 11.4 Å². The first kappa shape index (κ1) is 27.2. The van der Waals surface area contributed by atoms with Gasteiger partial charge in [-0.15, -0.1) is 0 Å². The van der Waals surface area contributed by atoms with E-state index in [2.05, 4.69) is 5.32 Å². The molecular weight excluding hydrogens is 480 g/mol. The highest BCUT2D eigenvalue weighted by Crippen LogP contribution is 2.31. The summed E-state index contributed by atoms with van der Waals surface area (Å²) in [5, 5.41) is 3.28. The first-order valence-electron chi connectivity index (χ1n) is 11.8. The number of carbonyl (C=O) groups excluding carboxylic acids is 2. The lowest BCUT2D eigenvalue weighted by Crippen LogP contribution is -2.26. The molecule has 0 bridgehead atoms. The number of aromatic nitrogens is 2. The Bertz CT molecular complexity index is 1300. The van der Waals surface area contributed by atoms with Gasteiger partial charge in [0.25, 0.3) is 5.56 Å². The van der Waals surface area contributed by atoms with E-state index in [1.165, 1.54) is 11.8 Å². The average Bonchev–Trinajstić information content (AvgIpc) is 3.06. The van der Waals surface area contributed by atoms with Gasteiger partial charge in [0.15, 0.2) is 5.78 Å². The lowest BCUT2D eigenvalue weighted by molar-refractivity contribution is -0.118.